The molecule has 0 radical (unpaired) electrons. The Morgan fingerprint density at radius 2 is 1.94 bits per heavy atom. The number of benzene rings is 2. The summed E-state index contributed by atoms with van der Waals surface area (Å²) in [6.45, 7) is 12.5. The fourth-order valence-electron chi connectivity index (χ4n) is 8.90. The highest BCUT2D eigenvalue weighted by Gasteiger charge is 2.43. The number of aromatic hydroxyl groups is 1. The van der Waals surface area contributed by atoms with E-state index in [1.807, 2.05) is 24.4 Å². The van der Waals surface area contributed by atoms with E-state index < -0.39 is 52.6 Å². The Kier molecular flexibility index (Phi) is 14.3. The van der Waals surface area contributed by atoms with Gasteiger partial charge < -0.3 is 40.4 Å². The number of ether oxygens (including phenoxy) is 2. The molecule has 1 fully saturated rings. The zero-order valence-electron chi connectivity index (χ0n) is 37.9. The summed E-state index contributed by atoms with van der Waals surface area (Å²) in [5, 5.41) is 27.9. The predicted molar refractivity (Wildman–Crippen MR) is 242 cm³/mol. The van der Waals surface area contributed by atoms with Gasteiger partial charge in [0.1, 0.15) is 23.4 Å². The largest absolute Gasteiger partial charge is 0.508 e. The second-order valence-corrected chi connectivity index (χ2v) is 18.0. The Bertz CT molecular complexity index is 2490. The van der Waals surface area contributed by atoms with E-state index in [9.17, 15) is 24.3 Å². The van der Waals surface area contributed by atoms with Crippen molar-refractivity contribution in [3.05, 3.63) is 71.5 Å². The lowest BCUT2D eigenvalue weighted by molar-refractivity contribution is -0.162. The van der Waals surface area contributed by atoms with Crippen LogP contribution in [0, 0.1) is 22.8 Å². The van der Waals surface area contributed by atoms with Crippen LogP contribution in [0.3, 0.4) is 0 Å². The maximum atomic E-state index is 14.7. The lowest BCUT2D eigenvalue weighted by Gasteiger charge is -2.41. The second kappa shape index (κ2) is 19.5. The third kappa shape index (κ3) is 10.1. The number of phenolic OH excluding ortho intramolecular Hbond substituents is 1. The number of likely N-dealkylation sites (N-methyl/N-ethyl adjacent to an activating group) is 1. The van der Waals surface area contributed by atoms with Gasteiger partial charge in [-0.05, 0) is 97.2 Å². The third-order valence-corrected chi connectivity index (χ3v) is 12.0. The minimum Gasteiger partial charge on any atom is -0.508 e. The standard InChI is InChI=1S/C47H60N10O7/c1-9-56-38-12-11-30-21-34(38)35(41(56)36-23-50-15-13-31(36)25-63-8)22-46(4,5)26-64-44(62)47(6)14-10-16-57(54-47)43(61)37(19-29-17-32(30)20-33(58)18-29)53-42(60)40(28(2)3)55(7)39(59)24-51-45(49)52-27-48/h11-13,15,17-18,20-21,23,28,37,40,54,58H,9-10,14,16,19,22,24-26H2,1-8H3,(H,53,60)(H3,49,51,52)/t37-,40-,47+/m0/s1. The summed E-state index contributed by atoms with van der Waals surface area (Å²) in [7, 11) is 3.14. The van der Waals surface area contributed by atoms with Crippen molar-refractivity contribution in [3.8, 4) is 34.3 Å². The van der Waals surface area contributed by atoms with Crippen LogP contribution in [0.1, 0.15) is 71.1 Å². The lowest BCUT2D eigenvalue weighted by Crippen LogP contribution is -2.66. The number of guanidine groups is 1. The van der Waals surface area contributed by atoms with Gasteiger partial charge in [0.2, 0.25) is 24.0 Å². The number of aliphatic imine (C=N–C) groups is 1. The van der Waals surface area contributed by atoms with Crippen molar-refractivity contribution in [1.29, 1.82) is 5.26 Å². The summed E-state index contributed by atoms with van der Waals surface area (Å²) in [4.78, 5) is 65.6. The molecule has 3 amide bonds. The Balaban J connectivity index is 1.48. The zero-order chi connectivity index (χ0) is 46.5. The highest BCUT2D eigenvalue weighted by atomic mass is 16.5. The van der Waals surface area contributed by atoms with E-state index in [1.54, 1.807) is 52.4 Å². The summed E-state index contributed by atoms with van der Waals surface area (Å²) >= 11 is 0. The van der Waals surface area contributed by atoms with E-state index in [-0.39, 0.29) is 37.8 Å². The fraction of sp³-hybridized carbons (Fsp3) is 0.468. The number of methoxy groups -OCH3 is 1. The number of nitrogens with zero attached hydrogens (tertiary/aromatic N) is 6. The number of amides is 3. The molecule has 2 aliphatic heterocycles. The Morgan fingerprint density at radius 3 is 2.64 bits per heavy atom. The van der Waals surface area contributed by atoms with Gasteiger partial charge in [-0.3, -0.25) is 24.4 Å². The first-order valence-corrected chi connectivity index (χ1v) is 21.6. The fourth-order valence-corrected chi connectivity index (χ4v) is 8.90. The molecule has 0 unspecified atom stereocenters. The van der Waals surface area contributed by atoms with Gasteiger partial charge in [0.05, 0.1) is 25.5 Å². The average molecular weight is 877 g/mol. The van der Waals surface area contributed by atoms with Crippen LogP contribution < -0.4 is 21.8 Å². The number of phenols is 1. The van der Waals surface area contributed by atoms with Crippen LogP contribution in [0.4, 0.5) is 0 Å². The summed E-state index contributed by atoms with van der Waals surface area (Å²) in [5.41, 5.74) is 14.0. The van der Waals surface area contributed by atoms with Crippen molar-refractivity contribution in [1.82, 2.24) is 35.5 Å². The van der Waals surface area contributed by atoms with Crippen molar-refractivity contribution in [2.24, 2.45) is 22.1 Å². The van der Waals surface area contributed by atoms with E-state index in [2.05, 4.69) is 63.5 Å². The van der Waals surface area contributed by atoms with Crippen LogP contribution in [0.5, 0.6) is 5.75 Å². The molecule has 2 aromatic carbocycles. The van der Waals surface area contributed by atoms with Crippen molar-refractivity contribution in [3.63, 3.8) is 0 Å². The minimum absolute atomic E-state index is 0.0317. The van der Waals surface area contributed by atoms with Crippen LogP contribution in [-0.2, 0) is 54.6 Å². The van der Waals surface area contributed by atoms with Crippen molar-refractivity contribution in [2.45, 2.75) is 98.0 Å². The maximum absolute atomic E-state index is 14.7. The number of pyridine rings is 1. The second-order valence-electron chi connectivity index (χ2n) is 18.0. The topological polar surface area (TPSA) is 230 Å². The van der Waals surface area contributed by atoms with Gasteiger partial charge >= 0.3 is 5.97 Å². The number of cyclic esters (lactones) is 1. The average Bonchev–Trinajstić information content (AvgIpc) is 3.55. The van der Waals surface area contributed by atoms with Crippen molar-refractivity contribution < 1.29 is 33.8 Å². The normalized spacial score (nSPS) is 19.7. The van der Waals surface area contributed by atoms with Gasteiger partial charge in [-0.2, -0.15) is 5.26 Å². The quantitative estimate of drug-likeness (QED) is 0.0655. The van der Waals surface area contributed by atoms with E-state index >= 15 is 0 Å². The molecule has 2 aromatic heterocycles. The molecule has 1 saturated heterocycles. The monoisotopic (exact) mass is 876 g/mol. The van der Waals surface area contributed by atoms with E-state index in [0.717, 1.165) is 38.9 Å². The first kappa shape index (κ1) is 47.0. The summed E-state index contributed by atoms with van der Waals surface area (Å²) in [6.07, 6.45) is 6.52. The molecule has 17 heteroatoms. The number of hydrogen-bond donors (Lipinski definition) is 5. The van der Waals surface area contributed by atoms with E-state index in [4.69, 9.17) is 20.5 Å². The molecule has 6 N–H and O–H groups in total. The van der Waals surface area contributed by atoms with E-state index in [0.29, 0.717) is 43.5 Å². The molecule has 340 valence electrons. The smallest absolute Gasteiger partial charge is 0.327 e. The SMILES string of the molecule is CCn1c(-c2cnccc2COC)c2c3cc(ccc31)-c1cc(O)cc(c1)C[C@H](NC(=O)[C@H](C(C)C)N(C)C(=O)CN/C(N)=N/C#N)C(=O)N1CCC[C@@](C)(N1)C(=O)OCC(C)(C)C2. The number of esters is 1. The van der Waals surface area contributed by atoms with Gasteiger partial charge in [-0.25, -0.2) is 10.2 Å². The highest BCUT2D eigenvalue weighted by molar-refractivity contribution is 5.96. The van der Waals surface area contributed by atoms with Crippen LogP contribution >= 0.6 is 0 Å². The molecule has 6 bridgehead atoms. The van der Waals surface area contributed by atoms with Crippen molar-refractivity contribution >= 4 is 40.6 Å². The number of hydrogen-bond acceptors (Lipinski definition) is 11. The molecule has 64 heavy (non-hydrogen) atoms. The van der Waals surface area contributed by atoms with Crippen LogP contribution in [0.25, 0.3) is 33.3 Å². The number of carbonyl (C=O) groups excluding carboxylic acids is 4. The van der Waals surface area contributed by atoms with Gasteiger partial charge in [0.15, 0.2) is 0 Å². The summed E-state index contributed by atoms with van der Waals surface area (Å²) in [6, 6.07) is 11.0. The number of nitrogens with two attached hydrogens (primary N) is 1. The number of hydrazine groups is 1. The van der Waals surface area contributed by atoms with E-state index in [1.165, 1.54) is 17.0 Å². The number of nitrogens with one attached hydrogen (secondary N) is 3. The number of fused-ring (bicyclic) bond motifs is 6. The van der Waals surface area contributed by atoms with Crippen LogP contribution in [0.15, 0.2) is 59.9 Å². The molecule has 0 saturated carbocycles. The molecule has 0 aliphatic carbocycles. The maximum Gasteiger partial charge on any atom is 0.327 e. The number of nitriles is 1. The Hall–Kier alpha value is -6.51. The van der Waals surface area contributed by atoms with Gasteiger partial charge in [0, 0.05) is 67.9 Å². The molecule has 0 spiro atoms. The number of aryl methyl sites for hydroxylation is 1. The first-order chi connectivity index (χ1) is 30.4. The number of rotatable bonds is 10. The molecule has 17 nitrogen and oxygen atoms in total. The minimum atomic E-state index is -1.28. The summed E-state index contributed by atoms with van der Waals surface area (Å²) in [5.74, 6) is -2.81. The number of aromatic nitrogens is 2. The molecular formula is C47H60N10O7. The Morgan fingerprint density at radius 1 is 1.17 bits per heavy atom. The van der Waals surface area contributed by atoms with Crippen LogP contribution in [-0.4, -0.2) is 106 Å². The molecule has 3 atom stereocenters. The van der Waals surface area contributed by atoms with Gasteiger partial charge in [0.25, 0.3) is 5.91 Å². The number of carbonyl (C=O) groups is 4. The lowest BCUT2D eigenvalue weighted by atomic mass is 9.84. The molecule has 2 aliphatic rings. The third-order valence-electron chi connectivity index (χ3n) is 12.0. The molecule has 6 rings (SSSR count). The zero-order valence-corrected chi connectivity index (χ0v) is 37.9. The van der Waals surface area contributed by atoms with Gasteiger partial charge in [-0.1, -0.05) is 39.8 Å². The molecule has 4 aromatic rings. The molecule has 4 heterocycles. The highest BCUT2D eigenvalue weighted by Crippen LogP contribution is 2.41. The predicted octanol–water partition coefficient (Wildman–Crippen LogP) is 4.15. The van der Waals surface area contributed by atoms with Gasteiger partial charge in [-0.15, -0.1) is 4.99 Å². The first-order valence-electron chi connectivity index (χ1n) is 21.6. The Labute approximate surface area is 374 Å². The molecular weight excluding hydrogens is 817 g/mol. The summed E-state index contributed by atoms with van der Waals surface area (Å²) < 4.78 is 14.1. The van der Waals surface area contributed by atoms with Crippen LogP contribution in [0.2, 0.25) is 0 Å². The van der Waals surface area contributed by atoms with Crippen molar-refractivity contribution in [2.75, 3.05) is 33.9 Å².